The van der Waals surface area contributed by atoms with Crippen LogP contribution in [0.3, 0.4) is 0 Å². The zero-order chi connectivity index (χ0) is 16.4. The number of carbonyl (C=O) groups excluding carboxylic acids is 1. The Morgan fingerprint density at radius 3 is 2.70 bits per heavy atom. The lowest BCUT2D eigenvalue weighted by atomic mass is 9.97. The Balaban J connectivity index is 1.70. The zero-order valence-corrected chi connectivity index (χ0v) is 14.5. The van der Waals surface area contributed by atoms with Crippen molar-refractivity contribution in [2.24, 2.45) is 0 Å². The summed E-state index contributed by atoms with van der Waals surface area (Å²) in [6.07, 6.45) is 5.89. The smallest absolute Gasteiger partial charge is 0.410 e. The van der Waals surface area contributed by atoms with E-state index in [1.165, 1.54) is 42.5 Å². The minimum Gasteiger partial charge on any atom is -0.444 e. The van der Waals surface area contributed by atoms with Gasteiger partial charge in [0.05, 0.1) is 0 Å². The fourth-order valence-electron chi connectivity index (χ4n) is 3.52. The normalized spacial score (nSPS) is 18.7. The summed E-state index contributed by atoms with van der Waals surface area (Å²) in [6.45, 7) is 7.10. The van der Waals surface area contributed by atoms with Crippen molar-refractivity contribution in [1.82, 2.24) is 4.90 Å². The molecule has 0 radical (unpaired) electrons. The molecule has 3 rings (SSSR count). The number of fused-ring (bicyclic) bond motifs is 1. The third kappa shape index (κ3) is 3.98. The highest BCUT2D eigenvalue weighted by Crippen LogP contribution is 2.30. The van der Waals surface area contributed by atoms with Crippen molar-refractivity contribution in [3.8, 4) is 0 Å². The first-order valence-corrected chi connectivity index (χ1v) is 8.77. The molecule has 2 aliphatic rings. The third-order valence-corrected chi connectivity index (χ3v) is 4.63. The summed E-state index contributed by atoms with van der Waals surface area (Å²) >= 11 is 0. The van der Waals surface area contributed by atoms with Crippen molar-refractivity contribution in [3.05, 3.63) is 29.3 Å². The van der Waals surface area contributed by atoms with Gasteiger partial charge in [-0.1, -0.05) is 25.0 Å². The summed E-state index contributed by atoms with van der Waals surface area (Å²) in [6, 6.07) is 7.02. The molecular formula is C19H28N2O2. The number of ether oxygens (including phenoxy) is 1. The number of hydrogen-bond donors (Lipinski definition) is 1. The van der Waals surface area contributed by atoms with E-state index in [9.17, 15) is 4.79 Å². The molecule has 1 aliphatic carbocycles. The van der Waals surface area contributed by atoms with E-state index in [-0.39, 0.29) is 6.09 Å². The van der Waals surface area contributed by atoms with Gasteiger partial charge >= 0.3 is 6.09 Å². The van der Waals surface area contributed by atoms with Crippen LogP contribution in [0.25, 0.3) is 0 Å². The molecule has 0 bridgehead atoms. The van der Waals surface area contributed by atoms with Crippen molar-refractivity contribution in [3.63, 3.8) is 0 Å². The number of amides is 1. The van der Waals surface area contributed by atoms with Crippen molar-refractivity contribution < 1.29 is 9.53 Å². The SMILES string of the molecule is CC(C)(C)OC(=O)N1CCc2c(cccc2NC2CCCC2)C1. The van der Waals surface area contributed by atoms with Crippen LogP contribution in [0.4, 0.5) is 10.5 Å². The lowest BCUT2D eigenvalue weighted by molar-refractivity contribution is 0.0224. The van der Waals surface area contributed by atoms with Gasteiger partial charge < -0.3 is 15.0 Å². The average Bonchev–Trinajstić information content (AvgIpc) is 2.98. The molecule has 4 nitrogen and oxygen atoms in total. The van der Waals surface area contributed by atoms with Crippen LogP contribution in [-0.4, -0.2) is 29.2 Å². The van der Waals surface area contributed by atoms with Gasteiger partial charge in [0.2, 0.25) is 0 Å². The molecule has 0 spiro atoms. The molecule has 1 amide bonds. The fraction of sp³-hybridized carbons (Fsp3) is 0.632. The third-order valence-electron chi connectivity index (χ3n) is 4.63. The van der Waals surface area contributed by atoms with Gasteiger partial charge in [-0.05, 0) is 57.2 Å². The molecule has 1 fully saturated rings. The Morgan fingerprint density at radius 1 is 1.26 bits per heavy atom. The maximum Gasteiger partial charge on any atom is 0.410 e. The summed E-state index contributed by atoms with van der Waals surface area (Å²) in [5, 5.41) is 3.72. The lowest BCUT2D eigenvalue weighted by Crippen LogP contribution is -2.40. The van der Waals surface area contributed by atoms with Crippen LogP contribution >= 0.6 is 0 Å². The van der Waals surface area contributed by atoms with Crippen LogP contribution < -0.4 is 5.32 Å². The van der Waals surface area contributed by atoms with Gasteiger partial charge in [-0.15, -0.1) is 0 Å². The van der Waals surface area contributed by atoms with E-state index >= 15 is 0 Å². The van der Waals surface area contributed by atoms with Crippen LogP contribution in [0.5, 0.6) is 0 Å². The molecule has 1 heterocycles. The second-order valence-corrected chi connectivity index (χ2v) is 7.72. The molecule has 23 heavy (non-hydrogen) atoms. The Morgan fingerprint density at radius 2 is 2.00 bits per heavy atom. The maximum absolute atomic E-state index is 12.3. The fourth-order valence-corrected chi connectivity index (χ4v) is 3.52. The first-order chi connectivity index (χ1) is 10.9. The van der Waals surface area contributed by atoms with Crippen LogP contribution in [0.1, 0.15) is 57.6 Å². The van der Waals surface area contributed by atoms with Gasteiger partial charge in [0.15, 0.2) is 0 Å². The van der Waals surface area contributed by atoms with Gasteiger partial charge in [-0.2, -0.15) is 0 Å². The highest BCUT2D eigenvalue weighted by Gasteiger charge is 2.27. The number of hydrogen-bond acceptors (Lipinski definition) is 3. The topological polar surface area (TPSA) is 41.6 Å². The Hall–Kier alpha value is -1.71. The Bertz CT molecular complexity index is 571. The minimum absolute atomic E-state index is 0.211. The second kappa shape index (κ2) is 6.42. The quantitative estimate of drug-likeness (QED) is 0.882. The molecular weight excluding hydrogens is 288 g/mol. The van der Waals surface area contributed by atoms with Crippen LogP contribution in [0, 0.1) is 0 Å². The molecule has 0 atom stereocenters. The first kappa shape index (κ1) is 16.2. The molecule has 1 aliphatic heterocycles. The summed E-state index contributed by atoms with van der Waals surface area (Å²) in [5.41, 5.74) is 3.44. The number of carbonyl (C=O) groups is 1. The molecule has 4 heteroatoms. The summed E-state index contributed by atoms with van der Waals surface area (Å²) < 4.78 is 5.50. The molecule has 0 unspecified atom stereocenters. The zero-order valence-electron chi connectivity index (χ0n) is 14.5. The van der Waals surface area contributed by atoms with Crippen LogP contribution in [0.15, 0.2) is 18.2 Å². The second-order valence-electron chi connectivity index (χ2n) is 7.72. The molecule has 126 valence electrons. The lowest BCUT2D eigenvalue weighted by Gasteiger charge is -2.32. The van der Waals surface area contributed by atoms with E-state index in [0.717, 1.165) is 13.0 Å². The van der Waals surface area contributed by atoms with E-state index in [2.05, 4.69) is 23.5 Å². The van der Waals surface area contributed by atoms with Gasteiger partial charge in [0.1, 0.15) is 5.60 Å². The number of anilines is 1. The predicted molar refractivity (Wildman–Crippen MR) is 92.7 cm³/mol. The van der Waals surface area contributed by atoms with Gasteiger partial charge in [0, 0.05) is 24.8 Å². The molecule has 1 N–H and O–H groups in total. The standard InChI is InChI=1S/C19H28N2O2/c1-19(2,3)23-18(22)21-12-11-16-14(13-21)7-6-10-17(16)20-15-8-4-5-9-15/h6-7,10,15,20H,4-5,8-9,11-13H2,1-3H3. The van der Waals surface area contributed by atoms with E-state index in [0.29, 0.717) is 12.6 Å². The Kier molecular flexibility index (Phi) is 4.51. The number of nitrogens with one attached hydrogen (secondary N) is 1. The minimum atomic E-state index is -0.441. The predicted octanol–water partition coefficient (Wildman–Crippen LogP) is 4.33. The molecule has 1 aromatic rings. The molecule has 1 aromatic carbocycles. The van der Waals surface area contributed by atoms with Crippen LogP contribution in [-0.2, 0) is 17.7 Å². The molecule has 0 saturated heterocycles. The van der Waals surface area contributed by atoms with E-state index in [1.807, 2.05) is 25.7 Å². The number of rotatable bonds is 2. The van der Waals surface area contributed by atoms with Gasteiger partial charge in [-0.3, -0.25) is 0 Å². The molecule has 1 saturated carbocycles. The van der Waals surface area contributed by atoms with Gasteiger partial charge in [-0.25, -0.2) is 4.79 Å². The van der Waals surface area contributed by atoms with Crippen molar-refractivity contribution in [2.45, 2.75) is 71.1 Å². The van der Waals surface area contributed by atoms with Gasteiger partial charge in [0.25, 0.3) is 0 Å². The van der Waals surface area contributed by atoms with Crippen LogP contribution in [0.2, 0.25) is 0 Å². The van der Waals surface area contributed by atoms with Crippen molar-refractivity contribution >= 4 is 11.8 Å². The first-order valence-electron chi connectivity index (χ1n) is 8.77. The van der Waals surface area contributed by atoms with Crippen molar-refractivity contribution in [1.29, 1.82) is 0 Å². The Labute approximate surface area is 139 Å². The highest BCUT2D eigenvalue weighted by molar-refractivity contribution is 5.69. The molecule has 0 aromatic heterocycles. The van der Waals surface area contributed by atoms with E-state index < -0.39 is 5.60 Å². The monoisotopic (exact) mass is 316 g/mol. The average molecular weight is 316 g/mol. The largest absolute Gasteiger partial charge is 0.444 e. The van der Waals surface area contributed by atoms with Crippen molar-refractivity contribution in [2.75, 3.05) is 11.9 Å². The summed E-state index contributed by atoms with van der Waals surface area (Å²) in [7, 11) is 0. The number of benzene rings is 1. The summed E-state index contributed by atoms with van der Waals surface area (Å²) in [5.74, 6) is 0. The maximum atomic E-state index is 12.3. The summed E-state index contributed by atoms with van der Waals surface area (Å²) in [4.78, 5) is 14.1. The van der Waals surface area contributed by atoms with E-state index in [1.54, 1.807) is 0 Å². The number of nitrogens with zero attached hydrogens (tertiary/aromatic N) is 1. The highest BCUT2D eigenvalue weighted by atomic mass is 16.6. The van der Waals surface area contributed by atoms with E-state index in [4.69, 9.17) is 4.74 Å².